The highest BCUT2D eigenvalue weighted by atomic mass is 16.5. The second kappa shape index (κ2) is 5.75. The summed E-state index contributed by atoms with van der Waals surface area (Å²) in [5.74, 6) is 0. The summed E-state index contributed by atoms with van der Waals surface area (Å²) in [6.07, 6.45) is 0. The van der Waals surface area contributed by atoms with E-state index >= 15 is 0 Å². The van der Waals surface area contributed by atoms with Crippen LogP contribution in [0.25, 0.3) is 0 Å². The Hall–Kier alpha value is -0.860. The van der Waals surface area contributed by atoms with E-state index in [4.69, 9.17) is 10.5 Å². The Labute approximate surface area is 74.4 Å². The summed E-state index contributed by atoms with van der Waals surface area (Å²) in [6, 6.07) is 9.94. The molecule has 0 heterocycles. The van der Waals surface area contributed by atoms with Crippen LogP contribution in [0.5, 0.6) is 0 Å². The monoisotopic (exact) mass is 167 g/mol. The summed E-state index contributed by atoms with van der Waals surface area (Å²) < 4.78 is 4.93. The molecule has 1 atom stereocenters. The normalized spacial score (nSPS) is 11.8. The van der Waals surface area contributed by atoms with E-state index in [0.29, 0.717) is 6.61 Å². The second-order valence-corrected chi connectivity index (χ2v) is 2.47. The van der Waals surface area contributed by atoms with E-state index in [2.05, 4.69) is 0 Å². The van der Waals surface area contributed by atoms with E-state index < -0.39 is 0 Å². The summed E-state index contributed by atoms with van der Waals surface area (Å²) in [5.41, 5.74) is 6.90. The Balaban J connectivity index is 0.00000121. The van der Waals surface area contributed by atoms with Crippen LogP contribution in [-0.2, 0) is 4.74 Å². The van der Waals surface area contributed by atoms with Gasteiger partial charge in [0.05, 0.1) is 12.6 Å². The van der Waals surface area contributed by atoms with Crippen molar-refractivity contribution in [3.8, 4) is 0 Å². The molecule has 1 aromatic rings. The van der Waals surface area contributed by atoms with Crippen molar-refractivity contribution in [1.82, 2.24) is 0 Å². The molecule has 0 amide bonds. The van der Waals surface area contributed by atoms with Crippen LogP contribution in [0.2, 0.25) is 0 Å². The smallest absolute Gasteiger partial charge is 0.0655 e. The van der Waals surface area contributed by atoms with E-state index in [1.165, 1.54) is 0 Å². The van der Waals surface area contributed by atoms with Gasteiger partial charge in [0.15, 0.2) is 0 Å². The van der Waals surface area contributed by atoms with Crippen LogP contribution in [0, 0.1) is 0 Å². The van der Waals surface area contributed by atoms with E-state index in [1.807, 2.05) is 30.3 Å². The van der Waals surface area contributed by atoms with Gasteiger partial charge in [-0.2, -0.15) is 0 Å². The molecule has 0 saturated carbocycles. The standard InChI is InChI=1S/C9H13NO.CH4/c1-11-7-9(10)8-5-3-2-4-6-8;/h2-6,9H,7,10H2,1H3;1H4/t9-;/m0./s1. The topological polar surface area (TPSA) is 35.2 Å². The van der Waals surface area contributed by atoms with Gasteiger partial charge >= 0.3 is 0 Å². The molecular weight excluding hydrogens is 150 g/mol. The average molecular weight is 167 g/mol. The van der Waals surface area contributed by atoms with E-state index in [1.54, 1.807) is 7.11 Å². The number of ether oxygens (including phenoxy) is 1. The molecule has 0 aliphatic rings. The second-order valence-electron chi connectivity index (χ2n) is 2.47. The maximum absolute atomic E-state index is 5.78. The molecule has 0 bridgehead atoms. The molecule has 0 fully saturated rings. The van der Waals surface area contributed by atoms with Crippen molar-refractivity contribution in [3.63, 3.8) is 0 Å². The Bertz CT molecular complexity index is 198. The first-order valence-electron chi connectivity index (χ1n) is 3.64. The zero-order valence-corrected chi connectivity index (χ0v) is 6.66. The number of benzene rings is 1. The Kier molecular flexibility index (Phi) is 5.34. The van der Waals surface area contributed by atoms with Gasteiger partial charge in [0.2, 0.25) is 0 Å². The Morgan fingerprint density at radius 3 is 2.42 bits per heavy atom. The van der Waals surface area contributed by atoms with Crippen molar-refractivity contribution in [1.29, 1.82) is 0 Å². The molecule has 0 aliphatic carbocycles. The summed E-state index contributed by atoms with van der Waals surface area (Å²) in [6.45, 7) is 0.573. The lowest BCUT2D eigenvalue weighted by Crippen LogP contribution is -2.15. The van der Waals surface area contributed by atoms with Crippen molar-refractivity contribution >= 4 is 0 Å². The van der Waals surface area contributed by atoms with Gasteiger partial charge in [-0.15, -0.1) is 0 Å². The minimum Gasteiger partial charge on any atom is -0.383 e. The van der Waals surface area contributed by atoms with Crippen LogP contribution in [0.3, 0.4) is 0 Å². The zero-order chi connectivity index (χ0) is 8.10. The van der Waals surface area contributed by atoms with Crippen molar-refractivity contribution in [2.75, 3.05) is 13.7 Å². The van der Waals surface area contributed by atoms with E-state index in [-0.39, 0.29) is 13.5 Å². The fraction of sp³-hybridized carbons (Fsp3) is 0.400. The SMILES string of the molecule is C.COC[C@H](N)c1ccccc1. The van der Waals surface area contributed by atoms with E-state index in [9.17, 15) is 0 Å². The lowest BCUT2D eigenvalue weighted by molar-refractivity contribution is 0.181. The lowest BCUT2D eigenvalue weighted by atomic mass is 10.1. The van der Waals surface area contributed by atoms with Crippen molar-refractivity contribution in [2.45, 2.75) is 13.5 Å². The van der Waals surface area contributed by atoms with Gasteiger partial charge in [0, 0.05) is 7.11 Å². The molecule has 68 valence electrons. The summed E-state index contributed by atoms with van der Waals surface area (Å²) in [5, 5.41) is 0. The van der Waals surface area contributed by atoms with Crippen molar-refractivity contribution in [3.05, 3.63) is 35.9 Å². The van der Waals surface area contributed by atoms with Crippen LogP contribution in [0.15, 0.2) is 30.3 Å². The lowest BCUT2D eigenvalue weighted by Gasteiger charge is -2.09. The van der Waals surface area contributed by atoms with Gasteiger partial charge in [0.1, 0.15) is 0 Å². The minimum absolute atomic E-state index is 0. The first-order chi connectivity index (χ1) is 5.34. The highest BCUT2D eigenvalue weighted by Crippen LogP contribution is 2.08. The summed E-state index contributed by atoms with van der Waals surface area (Å²) >= 11 is 0. The van der Waals surface area contributed by atoms with Gasteiger partial charge < -0.3 is 10.5 Å². The molecule has 1 rings (SSSR count). The van der Waals surface area contributed by atoms with Gasteiger partial charge in [-0.25, -0.2) is 0 Å². The Morgan fingerprint density at radius 1 is 1.33 bits per heavy atom. The first kappa shape index (κ1) is 11.1. The third-order valence-corrected chi connectivity index (χ3v) is 1.57. The molecule has 0 saturated heterocycles. The molecule has 0 aromatic heterocycles. The third kappa shape index (κ3) is 3.03. The molecule has 0 unspecified atom stereocenters. The largest absolute Gasteiger partial charge is 0.383 e. The van der Waals surface area contributed by atoms with Gasteiger partial charge in [0.25, 0.3) is 0 Å². The van der Waals surface area contributed by atoms with Crippen molar-refractivity contribution in [2.24, 2.45) is 5.73 Å². The maximum Gasteiger partial charge on any atom is 0.0655 e. The fourth-order valence-electron chi connectivity index (χ4n) is 0.976. The quantitative estimate of drug-likeness (QED) is 0.747. The first-order valence-corrected chi connectivity index (χ1v) is 3.64. The molecular formula is C10H17NO. The molecule has 1 aromatic carbocycles. The predicted octanol–water partition coefficient (Wildman–Crippen LogP) is 1.97. The highest BCUT2D eigenvalue weighted by Gasteiger charge is 2.02. The minimum atomic E-state index is 0. The number of rotatable bonds is 3. The Morgan fingerprint density at radius 2 is 1.92 bits per heavy atom. The van der Waals surface area contributed by atoms with Crippen LogP contribution in [0.4, 0.5) is 0 Å². The maximum atomic E-state index is 5.78. The molecule has 0 radical (unpaired) electrons. The van der Waals surface area contributed by atoms with Gasteiger partial charge in [-0.05, 0) is 5.56 Å². The number of nitrogens with two attached hydrogens (primary N) is 1. The fourth-order valence-corrected chi connectivity index (χ4v) is 0.976. The molecule has 0 spiro atoms. The molecule has 0 aliphatic heterocycles. The average Bonchev–Trinajstić information content (AvgIpc) is 2.07. The zero-order valence-electron chi connectivity index (χ0n) is 6.66. The van der Waals surface area contributed by atoms with Crippen molar-refractivity contribution < 1.29 is 4.74 Å². The van der Waals surface area contributed by atoms with Crippen LogP contribution >= 0.6 is 0 Å². The van der Waals surface area contributed by atoms with Crippen LogP contribution in [0.1, 0.15) is 19.0 Å². The molecule has 12 heavy (non-hydrogen) atoms. The molecule has 2 heteroatoms. The van der Waals surface area contributed by atoms with Crippen LogP contribution in [-0.4, -0.2) is 13.7 Å². The van der Waals surface area contributed by atoms with Gasteiger partial charge in [-0.1, -0.05) is 37.8 Å². The number of hydrogen-bond donors (Lipinski definition) is 1. The number of methoxy groups -OCH3 is 1. The molecule has 2 N–H and O–H groups in total. The predicted molar refractivity (Wildman–Crippen MR) is 52.0 cm³/mol. The van der Waals surface area contributed by atoms with E-state index in [0.717, 1.165) is 5.56 Å². The molecule has 2 nitrogen and oxygen atoms in total. The summed E-state index contributed by atoms with van der Waals surface area (Å²) in [4.78, 5) is 0. The third-order valence-electron chi connectivity index (χ3n) is 1.57. The summed E-state index contributed by atoms with van der Waals surface area (Å²) in [7, 11) is 1.66. The highest BCUT2D eigenvalue weighted by molar-refractivity contribution is 5.18. The number of hydrogen-bond acceptors (Lipinski definition) is 2. The van der Waals surface area contributed by atoms with Crippen LogP contribution < -0.4 is 5.73 Å². The van der Waals surface area contributed by atoms with Gasteiger partial charge in [-0.3, -0.25) is 0 Å².